The molecule has 0 fully saturated rings. The first-order valence-corrected chi connectivity index (χ1v) is 12.4. The Kier molecular flexibility index (Phi) is 7.79. The van der Waals surface area contributed by atoms with Gasteiger partial charge in [-0.05, 0) is 60.5 Å². The van der Waals surface area contributed by atoms with Crippen molar-refractivity contribution < 1.29 is 23.1 Å². The van der Waals surface area contributed by atoms with Gasteiger partial charge < -0.3 is 15.4 Å². The molecule has 1 unspecified atom stereocenters. The highest BCUT2D eigenvalue weighted by Gasteiger charge is 2.32. The van der Waals surface area contributed by atoms with E-state index in [1.165, 1.54) is 18.2 Å². The monoisotopic (exact) mass is 547 g/mol. The number of alkyl halides is 3. The summed E-state index contributed by atoms with van der Waals surface area (Å²) < 4.78 is 40.7. The molecule has 2 aromatic heterocycles. The fourth-order valence-electron chi connectivity index (χ4n) is 3.81. The number of pyridine rings is 2. The summed E-state index contributed by atoms with van der Waals surface area (Å²) >= 11 is 7.06. The summed E-state index contributed by atoms with van der Waals surface area (Å²) in [5.41, 5.74) is -0.407. The van der Waals surface area contributed by atoms with Crippen LogP contribution in [0.2, 0.25) is 5.02 Å². The molecule has 0 spiro atoms. The smallest absolute Gasteiger partial charge is 0.416 e. The molecular weight excluding hydrogens is 527 g/mol. The van der Waals surface area contributed by atoms with Gasteiger partial charge in [0, 0.05) is 46.0 Å². The normalized spacial score (nSPS) is 12.5. The van der Waals surface area contributed by atoms with E-state index in [9.17, 15) is 27.9 Å². The highest BCUT2D eigenvalue weighted by atomic mass is 35.5. The van der Waals surface area contributed by atoms with Crippen LogP contribution in [0.25, 0.3) is 22.0 Å². The van der Waals surface area contributed by atoms with Crippen molar-refractivity contribution in [1.29, 1.82) is 0 Å². The molecule has 6 nitrogen and oxygen atoms in total. The van der Waals surface area contributed by atoms with Gasteiger partial charge in [0.1, 0.15) is 5.75 Å². The molecule has 0 aliphatic rings. The van der Waals surface area contributed by atoms with E-state index >= 15 is 0 Å². The fourth-order valence-corrected chi connectivity index (χ4v) is 5.12. The van der Waals surface area contributed by atoms with E-state index < -0.39 is 22.5 Å². The quantitative estimate of drug-likeness (QED) is 0.241. The van der Waals surface area contributed by atoms with Crippen molar-refractivity contribution >= 4 is 40.2 Å². The maximum atomic E-state index is 13.6. The lowest BCUT2D eigenvalue weighted by Gasteiger charge is -2.19. The van der Waals surface area contributed by atoms with Crippen LogP contribution in [-0.4, -0.2) is 26.2 Å². The van der Waals surface area contributed by atoms with Gasteiger partial charge in [-0.15, -0.1) is 11.8 Å². The number of benzene rings is 2. The number of carbonyl (C=O) groups is 1. The molecule has 0 saturated carbocycles. The zero-order chi connectivity index (χ0) is 26.7. The SMILES string of the molecule is CCC(Sc1c(-c2cc(Cl)ccc2O)c2cc(C(F)(F)F)ccc2[nH]c1=O)C(=O)NCc1ccncc1. The second kappa shape index (κ2) is 10.9. The fraction of sp³-hybridized carbons (Fsp3) is 0.192. The van der Waals surface area contributed by atoms with Crippen molar-refractivity contribution in [3.8, 4) is 16.9 Å². The Morgan fingerprint density at radius 3 is 2.57 bits per heavy atom. The van der Waals surface area contributed by atoms with Crippen LogP contribution in [0, 0.1) is 0 Å². The number of thioether (sulfide) groups is 1. The molecule has 0 aliphatic carbocycles. The molecule has 3 N–H and O–H groups in total. The number of hydrogen-bond donors (Lipinski definition) is 3. The average molecular weight is 548 g/mol. The Labute approximate surface area is 218 Å². The maximum absolute atomic E-state index is 13.6. The Hall–Kier alpha value is -3.50. The lowest BCUT2D eigenvalue weighted by molar-refractivity contribution is -0.137. The summed E-state index contributed by atoms with van der Waals surface area (Å²) in [6.07, 6.45) is -1.11. The summed E-state index contributed by atoms with van der Waals surface area (Å²) in [6, 6.07) is 10.5. The van der Waals surface area contributed by atoms with Gasteiger partial charge in [0.15, 0.2) is 0 Å². The van der Waals surface area contributed by atoms with Crippen LogP contribution >= 0.6 is 23.4 Å². The number of H-pyrrole nitrogens is 1. The van der Waals surface area contributed by atoms with Crippen LogP contribution in [0.3, 0.4) is 0 Å². The molecule has 1 amide bonds. The minimum absolute atomic E-state index is 0.00435. The summed E-state index contributed by atoms with van der Waals surface area (Å²) in [5, 5.41) is 13.0. The third-order valence-corrected chi connectivity index (χ3v) is 7.36. The molecule has 0 aliphatic heterocycles. The van der Waals surface area contributed by atoms with E-state index in [4.69, 9.17) is 11.6 Å². The number of nitrogens with zero attached hydrogens (tertiary/aromatic N) is 1. The molecule has 0 saturated heterocycles. The van der Waals surface area contributed by atoms with E-state index in [1.54, 1.807) is 31.5 Å². The standard InChI is InChI=1S/C26H21ClF3N3O3S/c1-2-21(24(35)32-13-14-7-9-31-10-8-14)37-23-22(18-12-16(27)4-6-20(18)34)17-11-15(26(28,29)30)3-5-19(17)33-25(23)36/h3-12,21,34H,2,13H2,1H3,(H,32,35)(H,33,36). The van der Waals surface area contributed by atoms with Gasteiger partial charge in [-0.25, -0.2) is 0 Å². The molecule has 0 radical (unpaired) electrons. The Morgan fingerprint density at radius 1 is 1.16 bits per heavy atom. The number of aromatic nitrogens is 2. The van der Waals surface area contributed by atoms with Crippen LogP contribution in [0.5, 0.6) is 5.75 Å². The molecule has 11 heteroatoms. The van der Waals surface area contributed by atoms with Crippen molar-refractivity contribution in [3.05, 3.63) is 87.4 Å². The second-order valence-electron chi connectivity index (χ2n) is 8.17. The summed E-state index contributed by atoms with van der Waals surface area (Å²) in [4.78, 5) is 32.7. The van der Waals surface area contributed by atoms with Crippen LogP contribution < -0.4 is 10.9 Å². The molecule has 2 heterocycles. The van der Waals surface area contributed by atoms with Crippen molar-refractivity contribution in [1.82, 2.24) is 15.3 Å². The number of hydrogen-bond acceptors (Lipinski definition) is 5. The highest BCUT2D eigenvalue weighted by Crippen LogP contribution is 2.43. The first-order valence-electron chi connectivity index (χ1n) is 11.2. The number of rotatable bonds is 7. The number of phenols is 1. The van der Waals surface area contributed by atoms with Crippen molar-refractivity contribution in [2.45, 2.75) is 36.2 Å². The Morgan fingerprint density at radius 2 is 1.89 bits per heavy atom. The van der Waals surface area contributed by atoms with Gasteiger partial charge in [0.2, 0.25) is 5.91 Å². The first kappa shape index (κ1) is 26.6. The minimum Gasteiger partial charge on any atom is -0.507 e. The number of amides is 1. The van der Waals surface area contributed by atoms with Gasteiger partial charge >= 0.3 is 6.18 Å². The van der Waals surface area contributed by atoms with E-state index in [2.05, 4.69) is 15.3 Å². The number of halogens is 4. The van der Waals surface area contributed by atoms with Crippen molar-refractivity contribution in [2.24, 2.45) is 0 Å². The van der Waals surface area contributed by atoms with Crippen LogP contribution in [0.1, 0.15) is 24.5 Å². The number of fused-ring (bicyclic) bond motifs is 1. The number of nitrogens with one attached hydrogen (secondary N) is 2. The highest BCUT2D eigenvalue weighted by molar-refractivity contribution is 8.00. The Bertz CT molecular complexity index is 1510. The van der Waals surface area contributed by atoms with Gasteiger partial charge in [0.05, 0.1) is 15.7 Å². The third kappa shape index (κ3) is 5.91. The van der Waals surface area contributed by atoms with Gasteiger partial charge in [-0.1, -0.05) is 18.5 Å². The molecule has 2 aromatic carbocycles. The Balaban J connectivity index is 1.84. The third-order valence-electron chi connectivity index (χ3n) is 5.67. The summed E-state index contributed by atoms with van der Waals surface area (Å²) in [7, 11) is 0. The molecule has 192 valence electrons. The summed E-state index contributed by atoms with van der Waals surface area (Å²) in [6.45, 7) is 2.00. The zero-order valence-electron chi connectivity index (χ0n) is 19.4. The largest absolute Gasteiger partial charge is 0.507 e. The van der Waals surface area contributed by atoms with E-state index in [0.717, 1.165) is 35.5 Å². The van der Waals surface area contributed by atoms with E-state index in [0.29, 0.717) is 6.42 Å². The van der Waals surface area contributed by atoms with Gasteiger partial charge in [-0.3, -0.25) is 14.6 Å². The lowest BCUT2D eigenvalue weighted by Crippen LogP contribution is -2.32. The van der Waals surface area contributed by atoms with Gasteiger partial charge in [0.25, 0.3) is 5.56 Å². The number of carbonyl (C=O) groups excluding carboxylic acids is 1. The molecule has 4 rings (SSSR count). The predicted octanol–water partition coefficient (Wildman–Crippen LogP) is 6.16. The topological polar surface area (TPSA) is 95.1 Å². The van der Waals surface area contributed by atoms with Crippen LogP contribution in [0.4, 0.5) is 13.2 Å². The van der Waals surface area contributed by atoms with Gasteiger partial charge in [-0.2, -0.15) is 13.2 Å². The lowest BCUT2D eigenvalue weighted by atomic mass is 9.98. The number of phenolic OH excluding ortho intramolecular Hbond substituents is 1. The predicted molar refractivity (Wildman–Crippen MR) is 138 cm³/mol. The maximum Gasteiger partial charge on any atom is 0.416 e. The van der Waals surface area contributed by atoms with Crippen LogP contribution in [0.15, 0.2) is 70.6 Å². The molecular formula is C26H21ClF3N3O3S. The minimum atomic E-state index is -4.63. The molecule has 1 atom stereocenters. The first-order chi connectivity index (χ1) is 17.6. The molecule has 0 bridgehead atoms. The van der Waals surface area contributed by atoms with E-state index in [1.807, 2.05) is 0 Å². The van der Waals surface area contributed by atoms with Crippen molar-refractivity contribution in [3.63, 3.8) is 0 Å². The average Bonchev–Trinajstić information content (AvgIpc) is 2.87. The summed E-state index contributed by atoms with van der Waals surface area (Å²) in [5.74, 6) is -0.625. The number of aromatic hydroxyl groups is 1. The van der Waals surface area contributed by atoms with Crippen molar-refractivity contribution in [2.75, 3.05) is 0 Å². The molecule has 4 aromatic rings. The van der Waals surface area contributed by atoms with E-state index in [-0.39, 0.29) is 50.1 Å². The molecule has 37 heavy (non-hydrogen) atoms. The number of aromatic amines is 1. The van der Waals surface area contributed by atoms with Crippen LogP contribution in [-0.2, 0) is 17.5 Å². The second-order valence-corrected chi connectivity index (χ2v) is 9.82. The zero-order valence-corrected chi connectivity index (χ0v) is 21.0.